The summed E-state index contributed by atoms with van der Waals surface area (Å²) in [5.74, 6) is -0.926. The summed E-state index contributed by atoms with van der Waals surface area (Å²) in [6.07, 6.45) is 63.1. The molecule has 0 fully saturated rings. The zero-order chi connectivity index (χ0) is 45.1. The van der Waals surface area contributed by atoms with Crippen molar-refractivity contribution >= 4 is 17.9 Å². The molecule has 0 heterocycles. The lowest BCUT2D eigenvalue weighted by molar-refractivity contribution is -0.167. The summed E-state index contributed by atoms with van der Waals surface area (Å²) in [6.45, 7) is 6.43. The van der Waals surface area contributed by atoms with Crippen LogP contribution in [-0.4, -0.2) is 37.2 Å². The largest absolute Gasteiger partial charge is 0.462 e. The molecule has 0 N–H and O–H groups in total. The minimum Gasteiger partial charge on any atom is -0.462 e. The van der Waals surface area contributed by atoms with E-state index in [1.807, 2.05) is 0 Å². The number of hydrogen-bond donors (Lipinski definition) is 0. The summed E-state index contributed by atoms with van der Waals surface area (Å²) >= 11 is 0. The number of unbranched alkanes of at least 4 members (excludes halogenated alkanes) is 26. The van der Waals surface area contributed by atoms with Crippen molar-refractivity contribution in [1.29, 1.82) is 0 Å². The van der Waals surface area contributed by atoms with Gasteiger partial charge >= 0.3 is 17.9 Å². The first kappa shape index (κ1) is 58.9. The second kappa shape index (κ2) is 50.5. The molecule has 0 saturated heterocycles. The van der Waals surface area contributed by atoms with Gasteiger partial charge in [0.2, 0.25) is 0 Å². The van der Waals surface area contributed by atoms with Crippen LogP contribution in [0.2, 0.25) is 0 Å². The van der Waals surface area contributed by atoms with Crippen LogP contribution in [0.15, 0.2) is 72.9 Å². The Kier molecular flexibility index (Phi) is 47.9. The second-order valence-corrected chi connectivity index (χ2v) is 17.1. The van der Waals surface area contributed by atoms with Gasteiger partial charge in [0.25, 0.3) is 0 Å². The summed E-state index contributed by atoms with van der Waals surface area (Å²) in [6, 6.07) is 0. The van der Waals surface area contributed by atoms with Crippen molar-refractivity contribution in [2.24, 2.45) is 0 Å². The van der Waals surface area contributed by atoms with E-state index in [1.54, 1.807) is 0 Å². The van der Waals surface area contributed by atoms with Crippen molar-refractivity contribution in [2.75, 3.05) is 13.2 Å². The van der Waals surface area contributed by atoms with Gasteiger partial charge in [-0.05, 0) is 83.5 Å². The minimum atomic E-state index is -0.790. The van der Waals surface area contributed by atoms with Crippen LogP contribution in [0.3, 0.4) is 0 Å². The molecule has 1 atom stereocenters. The lowest BCUT2D eigenvalue weighted by Crippen LogP contribution is -2.30. The first-order valence-corrected chi connectivity index (χ1v) is 26.0. The highest BCUT2D eigenvalue weighted by atomic mass is 16.6. The van der Waals surface area contributed by atoms with Gasteiger partial charge in [-0.25, -0.2) is 0 Å². The molecule has 0 bridgehead atoms. The molecular weight excluding hydrogens is 769 g/mol. The molecule has 0 aromatic rings. The Morgan fingerprint density at radius 2 is 0.661 bits per heavy atom. The molecular formula is C56H96O6. The van der Waals surface area contributed by atoms with Crippen molar-refractivity contribution in [1.82, 2.24) is 0 Å². The van der Waals surface area contributed by atoms with Gasteiger partial charge in [-0.2, -0.15) is 0 Å². The molecule has 6 heteroatoms. The zero-order valence-electron chi connectivity index (χ0n) is 40.6. The van der Waals surface area contributed by atoms with Crippen LogP contribution in [-0.2, 0) is 28.6 Å². The van der Waals surface area contributed by atoms with Crippen LogP contribution < -0.4 is 0 Å². The van der Waals surface area contributed by atoms with Gasteiger partial charge in [0, 0.05) is 19.3 Å². The average Bonchev–Trinajstić information content (AvgIpc) is 3.27. The number of esters is 3. The number of carbonyl (C=O) groups is 3. The first-order valence-electron chi connectivity index (χ1n) is 26.0. The summed E-state index contributed by atoms with van der Waals surface area (Å²) in [5, 5.41) is 0. The van der Waals surface area contributed by atoms with E-state index < -0.39 is 6.10 Å². The Labute approximate surface area is 382 Å². The quantitative estimate of drug-likeness (QED) is 0.0199. The number of rotatable bonds is 46. The van der Waals surface area contributed by atoms with E-state index in [0.717, 1.165) is 96.3 Å². The molecule has 0 aliphatic carbocycles. The van der Waals surface area contributed by atoms with Crippen molar-refractivity contribution in [3.05, 3.63) is 72.9 Å². The highest BCUT2D eigenvalue weighted by Crippen LogP contribution is 2.14. The van der Waals surface area contributed by atoms with Crippen LogP contribution in [0, 0.1) is 0 Å². The highest BCUT2D eigenvalue weighted by Gasteiger charge is 2.19. The molecule has 0 aromatic heterocycles. The fourth-order valence-corrected chi connectivity index (χ4v) is 7.06. The summed E-state index contributed by atoms with van der Waals surface area (Å²) < 4.78 is 16.8. The molecule has 0 aliphatic rings. The van der Waals surface area contributed by atoms with Crippen LogP contribution >= 0.6 is 0 Å². The van der Waals surface area contributed by atoms with Gasteiger partial charge in [0.15, 0.2) is 6.10 Å². The average molecular weight is 865 g/mol. The highest BCUT2D eigenvalue weighted by molar-refractivity contribution is 5.71. The van der Waals surface area contributed by atoms with E-state index in [9.17, 15) is 14.4 Å². The molecule has 0 rings (SSSR count). The molecule has 0 saturated carbocycles. The lowest BCUT2D eigenvalue weighted by atomic mass is 10.1. The number of allylic oxidation sites excluding steroid dienone is 12. The van der Waals surface area contributed by atoms with Gasteiger partial charge in [-0.15, -0.1) is 0 Å². The van der Waals surface area contributed by atoms with Gasteiger partial charge in [0.05, 0.1) is 0 Å². The monoisotopic (exact) mass is 865 g/mol. The molecule has 0 aromatic carbocycles. The fourth-order valence-electron chi connectivity index (χ4n) is 7.06. The summed E-state index contributed by atoms with van der Waals surface area (Å²) in [7, 11) is 0. The number of carbonyl (C=O) groups excluding carboxylic acids is 3. The van der Waals surface area contributed by atoms with E-state index in [0.29, 0.717) is 19.3 Å². The molecule has 62 heavy (non-hydrogen) atoms. The fraction of sp³-hybridized carbons (Fsp3) is 0.732. The number of hydrogen-bond acceptors (Lipinski definition) is 6. The van der Waals surface area contributed by atoms with Crippen LogP contribution in [0.1, 0.15) is 245 Å². The zero-order valence-corrected chi connectivity index (χ0v) is 40.6. The Morgan fingerprint density at radius 1 is 0.339 bits per heavy atom. The van der Waals surface area contributed by atoms with Crippen molar-refractivity contribution in [3.63, 3.8) is 0 Å². The molecule has 6 nitrogen and oxygen atoms in total. The van der Waals surface area contributed by atoms with E-state index in [2.05, 4.69) is 93.7 Å². The van der Waals surface area contributed by atoms with Crippen molar-refractivity contribution in [2.45, 2.75) is 252 Å². The first-order chi connectivity index (χ1) is 30.5. The van der Waals surface area contributed by atoms with Gasteiger partial charge in [-0.3, -0.25) is 14.4 Å². The lowest BCUT2D eigenvalue weighted by Gasteiger charge is -2.18. The SMILES string of the molecule is CC\C=C/C=C\C=C/CCCCCCCCCC(=O)OC(COC(=O)CCCCCCC/C=C\C=C/CCCCCCCCC)COC(=O)CCCCCCC/C=C\CCCC. The smallest absolute Gasteiger partial charge is 0.306 e. The van der Waals surface area contributed by atoms with Gasteiger partial charge < -0.3 is 14.2 Å². The Balaban J connectivity index is 4.41. The molecule has 0 spiro atoms. The van der Waals surface area contributed by atoms with E-state index >= 15 is 0 Å². The molecule has 0 radical (unpaired) electrons. The van der Waals surface area contributed by atoms with Crippen LogP contribution in [0.5, 0.6) is 0 Å². The topological polar surface area (TPSA) is 78.9 Å². The van der Waals surface area contributed by atoms with E-state index in [-0.39, 0.29) is 31.1 Å². The van der Waals surface area contributed by atoms with Crippen molar-refractivity contribution in [3.8, 4) is 0 Å². The Bertz CT molecular complexity index is 1180. The Hall–Kier alpha value is -3.15. The molecule has 0 amide bonds. The summed E-state index contributed by atoms with van der Waals surface area (Å²) in [5.41, 5.74) is 0. The molecule has 0 aliphatic heterocycles. The Morgan fingerprint density at radius 3 is 1.08 bits per heavy atom. The predicted molar refractivity (Wildman–Crippen MR) is 265 cm³/mol. The maximum absolute atomic E-state index is 12.8. The second-order valence-electron chi connectivity index (χ2n) is 17.1. The van der Waals surface area contributed by atoms with Gasteiger partial charge in [0.1, 0.15) is 13.2 Å². The molecule has 356 valence electrons. The van der Waals surface area contributed by atoms with Crippen molar-refractivity contribution < 1.29 is 28.6 Å². The minimum absolute atomic E-state index is 0.0902. The maximum atomic E-state index is 12.8. The van der Waals surface area contributed by atoms with Crippen LogP contribution in [0.4, 0.5) is 0 Å². The summed E-state index contributed by atoms with van der Waals surface area (Å²) in [4.78, 5) is 37.9. The number of ether oxygens (including phenoxy) is 3. The van der Waals surface area contributed by atoms with Gasteiger partial charge in [-0.1, -0.05) is 216 Å². The third-order valence-electron chi connectivity index (χ3n) is 11.0. The normalized spacial score (nSPS) is 12.6. The van der Waals surface area contributed by atoms with E-state index in [4.69, 9.17) is 14.2 Å². The third-order valence-corrected chi connectivity index (χ3v) is 11.0. The predicted octanol–water partition coefficient (Wildman–Crippen LogP) is 17.0. The standard InChI is InChI=1S/C56H96O6/c1-4-7-10-13-16-19-22-24-26-27-28-30-31-34-37-40-43-46-49-55(58)61-52-53(51-60-54(57)48-45-42-39-36-33-21-18-15-12-9-6-3)62-56(59)50-47-44-41-38-35-32-29-25-23-20-17-14-11-8-5-2/h8,11,14-15,17-18,20,23,26-28,30,53H,4-7,9-10,12-13,16,19,21-22,24-25,29,31-52H2,1-3H3/b11-8-,17-14-,18-15-,23-20-,27-26-,30-28-. The maximum Gasteiger partial charge on any atom is 0.306 e. The third kappa shape index (κ3) is 47.9. The molecule has 1 unspecified atom stereocenters. The van der Waals surface area contributed by atoms with E-state index in [1.165, 1.54) is 109 Å². The van der Waals surface area contributed by atoms with Crippen LogP contribution in [0.25, 0.3) is 0 Å².